The molecule has 2 aromatic rings. The zero-order valence-electron chi connectivity index (χ0n) is 15.5. The van der Waals surface area contributed by atoms with Crippen LogP contribution in [0.4, 0.5) is 0 Å². The van der Waals surface area contributed by atoms with Gasteiger partial charge in [0.05, 0.1) is 4.90 Å². The van der Waals surface area contributed by atoms with Crippen molar-refractivity contribution in [3.05, 3.63) is 46.5 Å². The van der Waals surface area contributed by atoms with Crippen LogP contribution in [-0.2, 0) is 21.2 Å². The van der Waals surface area contributed by atoms with E-state index in [1.807, 2.05) is 0 Å². The normalized spacial score (nSPS) is 15.5. The molecule has 150 valence electrons. The molecule has 0 unspecified atom stereocenters. The molecule has 0 spiro atoms. The number of hydrogen-bond acceptors (Lipinski definition) is 6. The van der Waals surface area contributed by atoms with E-state index in [4.69, 9.17) is 0 Å². The van der Waals surface area contributed by atoms with Crippen LogP contribution in [0.15, 0.2) is 49.9 Å². The summed E-state index contributed by atoms with van der Waals surface area (Å²) < 4.78 is 27.3. The standard InChI is InChI=1S/C19H22N2O5S2/c1-27-18-16(28(25,26)14-10-6-3-7-11-14)19(24)21(12-15(22)23)17(20-18)13-8-4-2-5-9-13/h3,6-7,10-11,13H,2,4-5,8-9,12H2,1H3,(H,22,23). The number of aliphatic carboxylic acids is 1. The van der Waals surface area contributed by atoms with Crippen LogP contribution >= 0.6 is 11.8 Å². The number of sulfone groups is 1. The molecular weight excluding hydrogens is 400 g/mol. The highest BCUT2D eigenvalue weighted by atomic mass is 32.2. The number of nitrogens with zero attached hydrogens (tertiary/aromatic N) is 2. The lowest BCUT2D eigenvalue weighted by molar-refractivity contribution is -0.137. The lowest BCUT2D eigenvalue weighted by Gasteiger charge is -2.25. The third kappa shape index (κ3) is 4.00. The Kier molecular flexibility index (Phi) is 6.24. The molecule has 1 aromatic heterocycles. The van der Waals surface area contributed by atoms with Gasteiger partial charge in [0, 0.05) is 5.92 Å². The van der Waals surface area contributed by atoms with Crippen LogP contribution in [0.2, 0.25) is 0 Å². The van der Waals surface area contributed by atoms with Crippen LogP contribution in [-0.4, -0.2) is 35.3 Å². The van der Waals surface area contributed by atoms with Crippen molar-refractivity contribution in [2.24, 2.45) is 0 Å². The quantitative estimate of drug-likeness (QED) is 0.563. The van der Waals surface area contributed by atoms with Crippen molar-refractivity contribution in [1.82, 2.24) is 9.55 Å². The third-order valence-corrected chi connectivity index (χ3v) is 7.52. The van der Waals surface area contributed by atoms with Gasteiger partial charge < -0.3 is 5.11 Å². The van der Waals surface area contributed by atoms with Gasteiger partial charge in [0.25, 0.3) is 5.56 Å². The molecule has 7 nitrogen and oxygen atoms in total. The molecule has 1 aliphatic rings. The Morgan fingerprint density at radius 3 is 2.43 bits per heavy atom. The molecule has 0 saturated heterocycles. The Morgan fingerprint density at radius 2 is 1.86 bits per heavy atom. The van der Waals surface area contributed by atoms with Crippen LogP contribution in [0, 0.1) is 0 Å². The Morgan fingerprint density at radius 1 is 1.21 bits per heavy atom. The molecule has 9 heteroatoms. The van der Waals surface area contributed by atoms with E-state index in [0.29, 0.717) is 5.82 Å². The monoisotopic (exact) mass is 422 g/mol. The lowest BCUT2D eigenvalue weighted by atomic mass is 9.88. The van der Waals surface area contributed by atoms with Gasteiger partial charge in [0.1, 0.15) is 17.4 Å². The molecule has 1 fully saturated rings. The predicted molar refractivity (Wildman–Crippen MR) is 106 cm³/mol. The Hall–Kier alpha value is -2.13. The van der Waals surface area contributed by atoms with Crippen molar-refractivity contribution < 1.29 is 18.3 Å². The minimum atomic E-state index is -4.13. The van der Waals surface area contributed by atoms with Crippen molar-refractivity contribution in [1.29, 1.82) is 0 Å². The maximum absolute atomic E-state index is 13.2. The summed E-state index contributed by atoms with van der Waals surface area (Å²) in [4.78, 5) is 28.7. The van der Waals surface area contributed by atoms with E-state index in [9.17, 15) is 23.1 Å². The van der Waals surface area contributed by atoms with Gasteiger partial charge in [-0.15, -0.1) is 11.8 Å². The van der Waals surface area contributed by atoms with E-state index in [-0.39, 0.29) is 15.8 Å². The summed E-state index contributed by atoms with van der Waals surface area (Å²) in [5.74, 6) is -0.871. The second kappa shape index (κ2) is 8.48. The number of hydrogen-bond donors (Lipinski definition) is 1. The predicted octanol–water partition coefficient (Wildman–Crippen LogP) is 2.93. The maximum Gasteiger partial charge on any atom is 0.323 e. The average Bonchev–Trinajstić information content (AvgIpc) is 2.70. The topological polar surface area (TPSA) is 106 Å². The molecule has 1 aromatic carbocycles. The molecule has 0 radical (unpaired) electrons. The van der Waals surface area contributed by atoms with Crippen molar-refractivity contribution in [3.8, 4) is 0 Å². The first-order chi connectivity index (χ1) is 13.4. The smallest absolute Gasteiger partial charge is 0.323 e. The van der Waals surface area contributed by atoms with Crippen molar-refractivity contribution in [2.45, 2.75) is 59.4 Å². The molecule has 28 heavy (non-hydrogen) atoms. The second-order valence-electron chi connectivity index (χ2n) is 6.74. The first-order valence-corrected chi connectivity index (χ1v) is 11.8. The number of carbonyl (C=O) groups is 1. The first kappa shape index (κ1) is 20.6. The number of carboxylic acids is 1. The van der Waals surface area contributed by atoms with Crippen molar-refractivity contribution in [3.63, 3.8) is 0 Å². The van der Waals surface area contributed by atoms with Gasteiger partial charge >= 0.3 is 5.97 Å². The molecule has 1 aliphatic carbocycles. The van der Waals surface area contributed by atoms with E-state index in [2.05, 4.69) is 4.98 Å². The fourth-order valence-corrected chi connectivity index (χ4v) is 5.98. The van der Waals surface area contributed by atoms with Crippen LogP contribution in [0.25, 0.3) is 0 Å². The summed E-state index contributed by atoms with van der Waals surface area (Å²) in [5.41, 5.74) is -0.814. The summed E-state index contributed by atoms with van der Waals surface area (Å²) in [6.45, 7) is -0.608. The summed E-state index contributed by atoms with van der Waals surface area (Å²) >= 11 is 1.09. The van der Waals surface area contributed by atoms with Crippen LogP contribution in [0.3, 0.4) is 0 Å². The largest absolute Gasteiger partial charge is 0.480 e. The Labute approximate surface area is 167 Å². The van der Waals surface area contributed by atoms with E-state index in [1.165, 1.54) is 12.1 Å². The Bertz CT molecular complexity index is 1030. The zero-order valence-corrected chi connectivity index (χ0v) is 17.1. The van der Waals surface area contributed by atoms with E-state index >= 15 is 0 Å². The molecule has 3 rings (SSSR count). The highest BCUT2D eigenvalue weighted by molar-refractivity contribution is 7.99. The summed E-state index contributed by atoms with van der Waals surface area (Å²) in [7, 11) is -4.13. The van der Waals surface area contributed by atoms with Gasteiger partial charge in [0.15, 0.2) is 4.90 Å². The van der Waals surface area contributed by atoms with Crippen LogP contribution in [0.1, 0.15) is 43.8 Å². The third-order valence-electron chi connectivity index (χ3n) is 4.91. The fraction of sp³-hybridized carbons (Fsp3) is 0.421. The first-order valence-electron chi connectivity index (χ1n) is 9.07. The molecule has 1 N–H and O–H groups in total. The van der Waals surface area contributed by atoms with Crippen molar-refractivity contribution in [2.75, 3.05) is 6.26 Å². The summed E-state index contributed by atoms with van der Waals surface area (Å²) in [5, 5.41) is 9.43. The average molecular weight is 423 g/mol. The van der Waals surface area contributed by atoms with Crippen LogP contribution in [0.5, 0.6) is 0 Å². The molecule has 0 atom stereocenters. The minimum Gasteiger partial charge on any atom is -0.480 e. The van der Waals surface area contributed by atoms with Gasteiger partial charge in [-0.25, -0.2) is 13.4 Å². The fourth-order valence-electron chi connectivity index (χ4n) is 3.58. The van der Waals surface area contributed by atoms with E-state index in [0.717, 1.165) is 48.4 Å². The van der Waals surface area contributed by atoms with Gasteiger partial charge in [-0.1, -0.05) is 37.5 Å². The van der Waals surface area contributed by atoms with Gasteiger partial charge in [-0.05, 0) is 31.2 Å². The minimum absolute atomic E-state index is 0.0171. The number of rotatable bonds is 6. The molecular formula is C19H22N2O5S2. The summed E-state index contributed by atoms with van der Waals surface area (Å²) in [6, 6.07) is 7.66. The highest BCUT2D eigenvalue weighted by Crippen LogP contribution is 2.33. The zero-order chi connectivity index (χ0) is 20.3. The van der Waals surface area contributed by atoms with Gasteiger partial charge in [0.2, 0.25) is 9.84 Å². The number of aromatic nitrogens is 2. The van der Waals surface area contributed by atoms with Gasteiger partial charge in [-0.2, -0.15) is 0 Å². The van der Waals surface area contributed by atoms with E-state index < -0.39 is 32.8 Å². The van der Waals surface area contributed by atoms with Crippen LogP contribution < -0.4 is 5.56 Å². The molecule has 0 bridgehead atoms. The molecule has 0 aliphatic heterocycles. The van der Waals surface area contributed by atoms with Crippen molar-refractivity contribution >= 4 is 27.6 Å². The summed E-state index contributed by atoms with van der Waals surface area (Å²) in [6.07, 6.45) is 6.33. The van der Waals surface area contributed by atoms with Gasteiger partial charge in [-0.3, -0.25) is 14.2 Å². The second-order valence-corrected chi connectivity index (χ2v) is 9.43. The molecule has 1 heterocycles. The molecule has 1 saturated carbocycles. The molecule has 0 amide bonds. The lowest BCUT2D eigenvalue weighted by Crippen LogP contribution is -2.34. The van der Waals surface area contributed by atoms with E-state index in [1.54, 1.807) is 24.5 Å². The Balaban J connectivity index is 2.26. The number of benzene rings is 1. The highest BCUT2D eigenvalue weighted by Gasteiger charge is 2.31. The number of thioether (sulfide) groups is 1. The maximum atomic E-state index is 13.2. The SMILES string of the molecule is CSc1nc(C2CCCCC2)n(CC(=O)O)c(=O)c1S(=O)(=O)c1ccccc1. The number of carboxylic acid groups (broad SMARTS) is 1.